The van der Waals surface area contributed by atoms with E-state index in [1.807, 2.05) is 0 Å². The molecular weight excluding hydrogens is 381 g/mol. The quantitative estimate of drug-likeness (QED) is 0.365. The summed E-state index contributed by atoms with van der Waals surface area (Å²) in [6, 6.07) is 0.239. The Morgan fingerprint density at radius 3 is 2.62 bits per heavy atom. The predicted molar refractivity (Wildman–Crippen MR) is 98.6 cm³/mol. The van der Waals surface area contributed by atoms with Gasteiger partial charge in [-0.2, -0.15) is 0 Å². The van der Waals surface area contributed by atoms with Crippen LogP contribution in [0.15, 0.2) is 4.99 Å². The number of aliphatic imine (C=N–C) groups is 1. The molecular formula is C15H32IN3O2. The molecule has 5 nitrogen and oxygen atoms in total. The standard InChI is InChI=1S/C15H31N3O2.HI/c1-5-13(6-2)9-17-15(16-4)18-12(3)10-20-14-7-8-19-11-14;/h12-14H,5-11H2,1-4H3,(H2,16,17,18);1H. The topological polar surface area (TPSA) is 54.9 Å². The summed E-state index contributed by atoms with van der Waals surface area (Å²) in [6.07, 6.45) is 3.66. The molecule has 1 aliphatic heterocycles. The molecule has 0 aromatic rings. The van der Waals surface area contributed by atoms with Gasteiger partial charge in [0.15, 0.2) is 5.96 Å². The number of hydrogen-bond donors (Lipinski definition) is 2. The first-order valence-electron chi connectivity index (χ1n) is 7.86. The van der Waals surface area contributed by atoms with Gasteiger partial charge in [0, 0.05) is 26.2 Å². The van der Waals surface area contributed by atoms with E-state index in [0.717, 1.165) is 32.1 Å². The van der Waals surface area contributed by atoms with Crippen molar-refractivity contribution in [2.45, 2.75) is 52.2 Å². The fourth-order valence-corrected chi connectivity index (χ4v) is 2.21. The van der Waals surface area contributed by atoms with Gasteiger partial charge in [-0.15, -0.1) is 24.0 Å². The molecule has 1 saturated heterocycles. The van der Waals surface area contributed by atoms with Crippen molar-refractivity contribution in [2.75, 3.05) is 33.4 Å². The van der Waals surface area contributed by atoms with Crippen LogP contribution in [0.4, 0.5) is 0 Å². The van der Waals surface area contributed by atoms with E-state index in [2.05, 4.69) is 36.4 Å². The zero-order valence-corrected chi connectivity index (χ0v) is 16.2. The lowest BCUT2D eigenvalue weighted by molar-refractivity contribution is 0.0347. The largest absolute Gasteiger partial charge is 0.379 e. The van der Waals surface area contributed by atoms with Crippen molar-refractivity contribution in [1.82, 2.24) is 10.6 Å². The second-order valence-corrected chi connectivity index (χ2v) is 5.50. The average Bonchev–Trinajstić information content (AvgIpc) is 2.98. The van der Waals surface area contributed by atoms with E-state index in [9.17, 15) is 0 Å². The molecule has 126 valence electrons. The van der Waals surface area contributed by atoms with Crippen molar-refractivity contribution in [3.63, 3.8) is 0 Å². The number of ether oxygens (including phenoxy) is 2. The van der Waals surface area contributed by atoms with E-state index in [0.29, 0.717) is 12.5 Å². The van der Waals surface area contributed by atoms with Crippen molar-refractivity contribution in [3.8, 4) is 0 Å². The first-order valence-corrected chi connectivity index (χ1v) is 7.86. The van der Waals surface area contributed by atoms with Crippen molar-refractivity contribution >= 4 is 29.9 Å². The second kappa shape index (κ2) is 12.5. The van der Waals surface area contributed by atoms with Crippen LogP contribution in [0.3, 0.4) is 0 Å². The lowest BCUT2D eigenvalue weighted by Crippen LogP contribution is -2.45. The number of halogens is 1. The minimum absolute atomic E-state index is 0. The Hall–Kier alpha value is -0.0800. The van der Waals surface area contributed by atoms with Crippen LogP contribution in [0.25, 0.3) is 0 Å². The minimum Gasteiger partial charge on any atom is -0.379 e. The Balaban J connectivity index is 0.00000400. The fourth-order valence-electron chi connectivity index (χ4n) is 2.21. The van der Waals surface area contributed by atoms with E-state index in [4.69, 9.17) is 9.47 Å². The summed E-state index contributed by atoms with van der Waals surface area (Å²) in [6.45, 7) is 9.77. The number of guanidine groups is 1. The molecule has 1 rings (SSSR count). The first kappa shape index (κ1) is 20.9. The van der Waals surface area contributed by atoms with Gasteiger partial charge in [-0.25, -0.2) is 0 Å². The molecule has 0 bridgehead atoms. The van der Waals surface area contributed by atoms with Crippen LogP contribution in [-0.4, -0.2) is 51.5 Å². The molecule has 21 heavy (non-hydrogen) atoms. The van der Waals surface area contributed by atoms with Gasteiger partial charge in [0.05, 0.1) is 19.3 Å². The summed E-state index contributed by atoms with van der Waals surface area (Å²) in [5.41, 5.74) is 0. The van der Waals surface area contributed by atoms with Gasteiger partial charge in [-0.05, 0) is 19.3 Å². The molecule has 2 N–H and O–H groups in total. The van der Waals surface area contributed by atoms with Crippen LogP contribution in [0, 0.1) is 5.92 Å². The highest BCUT2D eigenvalue weighted by atomic mass is 127. The van der Waals surface area contributed by atoms with Gasteiger partial charge in [-0.1, -0.05) is 26.7 Å². The SMILES string of the molecule is CCC(CC)CNC(=NC)NC(C)COC1CCOC1.I. The third-order valence-corrected chi connectivity index (χ3v) is 3.79. The van der Waals surface area contributed by atoms with Crippen molar-refractivity contribution in [1.29, 1.82) is 0 Å². The zero-order valence-electron chi connectivity index (χ0n) is 13.9. The van der Waals surface area contributed by atoms with Crippen molar-refractivity contribution in [3.05, 3.63) is 0 Å². The normalized spacial score (nSPS) is 20.2. The van der Waals surface area contributed by atoms with E-state index < -0.39 is 0 Å². The molecule has 1 heterocycles. The third kappa shape index (κ3) is 8.83. The van der Waals surface area contributed by atoms with Crippen LogP contribution in [0.5, 0.6) is 0 Å². The molecule has 0 aromatic heterocycles. The fraction of sp³-hybridized carbons (Fsp3) is 0.933. The molecule has 1 aliphatic rings. The predicted octanol–water partition coefficient (Wildman–Crippen LogP) is 2.40. The Morgan fingerprint density at radius 1 is 1.38 bits per heavy atom. The van der Waals surface area contributed by atoms with Crippen molar-refractivity contribution < 1.29 is 9.47 Å². The Labute approximate surface area is 146 Å². The maximum absolute atomic E-state index is 5.81. The van der Waals surface area contributed by atoms with Gasteiger partial charge in [0.25, 0.3) is 0 Å². The maximum atomic E-state index is 5.81. The van der Waals surface area contributed by atoms with Crippen LogP contribution in [0.1, 0.15) is 40.0 Å². The maximum Gasteiger partial charge on any atom is 0.191 e. The van der Waals surface area contributed by atoms with E-state index >= 15 is 0 Å². The summed E-state index contributed by atoms with van der Waals surface area (Å²) in [5, 5.41) is 6.76. The molecule has 6 heteroatoms. The Kier molecular flexibility index (Phi) is 12.4. The number of hydrogen-bond acceptors (Lipinski definition) is 3. The molecule has 0 amide bonds. The average molecular weight is 413 g/mol. The van der Waals surface area contributed by atoms with Crippen LogP contribution >= 0.6 is 24.0 Å². The second-order valence-electron chi connectivity index (χ2n) is 5.50. The summed E-state index contributed by atoms with van der Waals surface area (Å²) < 4.78 is 11.1. The molecule has 2 atom stereocenters. The Bertz CT molecular complexity index is 280. The van der Waals surface area contributed by atoms with Crippen molar-refractivity contribution in [2.24, 2.45) is 10.9 Å². The summed E-state index contributed by atoms with van der Waals surface area (Å²) in [7, 11) is 1.81. The van der Waals surface area contributed by atoms with Gasteiger partial charge >= 0.3 is 0 Å². The van der Waals surface area contributed by atoms with Crippen LogP contribution in [0.2, 0.25) is 0 Å². The highest BCUT2D eigenvalue weighted by Gasteiger charge is 2.17. The highest BCUT2D eigenvalue weighted by Crippen LogP contribution is 2.08. The molecule has 0 spiro atoms. The first-order chi connectivity index (χ1) is 9.69. The number of nitrogens with zero attached hydrogens (tertiary/aromatic N) is 1. The zero-order chi connectivity index (χ0) is 14.8. The summed E-state index contributed by atoms with van der Waals surface area (Å²) in [4.78, 5) is 4.26. The number of rotatable bonds is 8. The van der Waals surface area contributed by atoms with Crippen LogP contribution < -0.4 is 10.6 Å². The minimum atomic E-state index is 0. The summed E-state index contributed by atoms with van der Waals surface area (Å²) in [5.74, 6) is 1.56. The van der Waals surface area contributed by atoms with Gasteiger partial charge in [-0.3, -0.25) is 4.99 Å². The Morgan fingerprint density at radius 2 is 2.10 bits per heavy atom. The molecule has 0 aromatic carbocycles. The molecule has 0 saturated carbocycles. The van der Waals surface area contributed by atoms with E-state index in [-0.39, 0.29) is 36.1 Å². The van der Waals surface area contributed by atoms with Gasteiger partial charge in [0.1, 0.15) is 0 Å². The van der Waals surface area contributed by atoms with Gasteiger partial charge in [0.2, 0.25) is 0 Å². The lowest BCUT2D eigenvalue weighted by atomic mass is 10.0. The van der Waals surface area contributed by atoms with E-state index in [1.54, 1.807) is 7.05 Å². The highest BCUT2D eigenvalue weighted by molar-refractivity contribution is 14.0. The molecule has 0 radical (unpaired) electrons. The number of nitrogens with one attached hydrogen (secondary N) is 2. The molecule has 1 fully saturated rings. The molecule has 2 unspecified atom stereocenters. The van der Waals surface area contributed by atoms with Gasteiger partial charge < -0.3 is 20.1 Å². The van der Waals surface area contributed by atoms with Crippen LogP contribution in [-0.2, 0) is 9.47 Å². The van der Waals surface area contributed by atoms with E-state index in [1.165, 1.54) is 12.8 Å². The lowest BCUT2D eigenvalue weighted by Gasteiger charge is -2.21. The monoisotopic (exact) mass is 413 g/mol. The third-order valence-electron chi connectivity index (χ3n) is 3.79. The molecule has 0 aliphatic carbocycles. The summed E-state index contributed by atoms with van der Waals surface area (Å²) >= 11 is 0. The smallest absolute Gasteiger partial charge is 0.191 e.